The van der Waals surface area contributed by atoms with Gasteiger partial charge >= 0.3 is 5.97 Å². The molecule has 0 amide bonds. The molecule has 4 heteroatoms. The lowest BCUT2D eigenvalue weighted by molar-refractivity contribution is 0.0696. The molecule has 2 aromatic rings. The molecule has 2 N–H and O–H groups in total. The van der Waals surface area contributed by atoms with Gasteiger partial charge in [-0.25, -0.2) is 9.78 Å². The molecule has 1 aromatic carbocycles. The van der Waals surface area contributed by atoms with Gasteiger partial charge in [0.1, 0.15) is 5.82 Å². The molecule has 0 atom stereocenters. The number of para-hydroxylation sites is 1. The fourth-order valence-electron chi connectivity index (χ4n) is 1.81. The first kappa shape index (κ1) is 13.1. The standard InChI is InChI=1S/C15H16N2O2/c1-3-12-8-11(15(18)19)9-14(16-12)17-13-7-5-4-6-10(13)2/h4-9H,3H2,1-2H3,(H,16,17)(H,18,19). The van der Waals surface area contributed by atoms with Crippen molar-refractivity contribution in [2.24, 2.45) is 0 Å². The maximum atomic E-state index is 11.1. The second-order valence-electron chi connectivity index (χ2n) is 4.33. The minimum absolute atomic E-state index is 0.253. The molecule has 2 rings (SSSR count). The fraction of sp³-hybridized carbons (Fsp3) is 0.200. The van der Waals surface area contributed by atoms with Crippen molar-refractivity contribution in [1.29, 1.82) is 0 Å². The molecule has 4 nitrogen and oxygen atoms in total. The van der Waals surface area contributed by atoms with E-state index in [0.29, 0.717) is 12.2 Å². The van der Waals surface area contributed by atoms with Crippen LogP contribution in [0.1, 0.15) is 28.5 Å². The number of hydrogen-bond acceptors (Lipinski definition) is 3. The molecule has 0 aliphatic heterocycles. The Kier molecular flexibility index (Phi) is 3.80. The summed E-state index contributed by atoms with van der Waals surface area (Å²) in [5, 5.41) is 12.3. The number of pyridine rings is 1. The predicted octanol–water partition coefficient (Wildman–Crippen LogP) is 3.39. The number of rotatable bonds is 4. The number of carboxylic acid groups (broad SMARTS) is 1. The Hall–Kier alpha value is -2.36. The summed E-state index contributed by atoms with van der Waals surface area (Å²) in [5.74, 6) is -0.379. The molecule has 1 heterocycles. The first-order valence-electron chi connectivity index (χ1n) is 6.17. The summed E-state index contributed by atoms with van der Waals surface area (Å²) in [6.45, 7) is 3.94. The van der Waals surface area contributed by atoms with E-state index >= 15 is 0 Å². The average molecular weight is 256 g/mol. The maximum Gasteiger partial charge on any atom is 0.335 e. The summed E-state index contributed by atoms with van der Waals surface area (Å²) in [6.07, 6.45) is 0.698. The second-order valence-corrected chi connectivity index (χ2v) is 4.33. The lowest BCUT2D eigenvalue weighted by atomic mass is 10.1. The number of anilines is 2. The van der Waals surface area contributed by atoms with Gasteiger partial charge in [-0.3, -0.25) is 0 Å². The van der Waals surface area contributed by atoms with E-state index in [9.17, 15) is 4.79 Å². The van der Waals surface area contributed by atoms with Crippen molar-refractivity contribution in [2.75, 3.05) is 5.32 Å². The zero-order valence-corrected chi connectivity index (χ0v) is 11.0. The van der Waals surface area contributed by atoms with Gasteiger partial charge in [-0.1, -0.05) is 25.1 Å². The smallest absolute Gasteiger partial charge is 0.335 e. The van der Waals surface area contributed by atoms with E-state index in [2.05, 4.69) is 10.3 Å². The fourth-order valence-corrected chi connectivity index (χ4v) is 1.81. The molecule has 0 radical (unpaired) electrons. The summed E-state index contributed by atoms with van der Waals surface area (Å²) in [6, 6.07) is 11.0. The molecule has 1 aromatic heterocycles. The molecular weight excluding hydrogens is 240 g/mol. The third-order valence-corrected chi connectivity index (χ3v) is 2.90. The van der Waals surface area contributed by atoms with Crippen molar-refractivity contribution in [2.45, 2.75) is 20.3 Å². The van der Waals surface area contributed by atoms with E-state index < -0.39 is 5.97 Å². The number of carbonyl (C=O) groups is 1. The molecule has 0 saturated heterocycles. The SMILES string of the molecule is CCc1cc(C(=O)O)cc(Nc2ccccc2C)n1. The summed E-state index contributed by atoms with van der Waals surface area (Å²) in [7, 11) is 0. The van der Waals surface area contributed by atoms with Gasteiger partial charge in [0.25, 0.3) is 0 Å². The summed E-state index contributed by atoms with van der Waals surface area (Å²) >= 11 is 0. The van der Waals surface area contributed by atoms with Gasteiger partial charge in [0.05, 0.1) is 5.56 Å². The van der Waals surface area contributed by atoms with Crippen LogP contribution in [-0.2, 0) is 6.42 Å². The largest absolute Gasteiger partial charge is 0.478 e. The van der Waals surface area contributed by atoms with Crippen LogP contribution in [0, 0.1) is 6.92 Å². The normalized spacial score (nSPS) is 10.2. The number of hydrogen-bond donors (Lipinski definition) is 2. The molecule has 0 aliphatic rings. The Balaban J connectivity index is 2.37. The lowest BCUT2D eigenvalue weighted by Crippen LogP contribution is -2.03. The van der Waals surface area contributed by atoms with Crippen LogP contribution in [0.3, 0.4) is 0 Å². The summed E-state index contributed by atoms with van der Waals surface area (Å²) < 4.78 is 0. The van der Waals surface area contributed by atoms with Gasteiger partial charge in [0, 0.05) is 11.4 Å². The minimum Gasteiger partial charge on any atom is -0.478 e. The highest BCUT2D eigenvalue weighted by Gasteiger charge is 2.08. The third-order valence-electron chi connectivity index (χ3n) is 2.90. The van der Waals surface area contributed by atoms with E-state index in [-0.39, 0.29) is 5.56 Å². The van der Waals surface area contributed by atoms with Gasteiger partial charge in [0.15, 0.2) is 0 Å². The highest BCUT2D eigenvalue weighted by molar-refractivity contribution is 5.88. The molecule has 0 saturated carbocycles. The summed E-state index contributed by atoms with van der Waals surface area (Å²) in [5.41, 5.74) is 3.03. The second kappa shape index (κ2) is 5.52. The van der Waals surface area contributed by atoms with Gasteiger partial charge in [-0.2, -0.15) is 0 Å². The van der Waals surface area contributed by atoms with Crippen LogP contribution >= 0.6 is 0 Å². The Morgan fingerprint density at radius 1 is 1.32 bits per heavy atom. The number of aromatic carboxylic acids is 1. The highest BCUT2D eigenvalue weighted by atomic mass is 16.4. The van der Waals surface area contributed by atoms with Crippen molar-refractivity contribution in [3.05, 3.63) is 53.2 Å². The molecule has 98 valence electrons. The Morgan fingerprint density at radius 2 is 2.05 bits per heavy atom. The zero-order chi connectivity index (χ0) is 13.8. The van der Waals surface area contributed by atoms with Crippen molar-refractivity contribution in [3.63, 3.8) is 0 Å². The van der Waals surface area contributed by atoms with Crippen LogP contribution in [0.4, 0.5) is 11.5 Å². The molecular formula is C15H16N2O2. The highest BCUT2D eigenvalue weighted by Crippen LogP contribution is 2.20. The van der Waals surface area contributed by atoms with Crippen LogP contribution in [0.2, 0.25) is 0 Å². The van der Waals surface area contributed by atoms with E-state index in [0.717, 1.165) is 16.9 Å². The zero-order valence-electron chi connectivity index (χ0n) is 11.0. The van der Waals surface area contributed by atoms with Crippen LogP contribution in [-0.4, -0.2) is 16.1 Å². The average Bonchev–Trinajstić information content (AvgIpc) is 2.41. The van der Waals surface area contributed by atoms with Crippen LogP contribution in [0.15, 0.2) is 36.4 Å². The van der Waals surface area contributed by atoms with Gasteiger partial charge in [0.2, 0.25) is 0 Å². The van der Waals surface area contributed by atoms with Crippen LogP contribution in [0.25, 0.3) is 0 Å². The number of nitrogens with one attached hydrogen (secondary N) is 1. The van der Waals surface area contributed by atoms with Crippen LogP contribution < -0.4 is 5.32 Å². The predicted molar refractivity (Wildman–Crippen MR) is 75.0 cm³/mol. The number of nitrogens with zero attached hydrogens (tertiary/aromatic N) is 1. The Morgan fingerprint density at radius 3 is 2.68 bits per heavy atom. The van der Waals surface area contributed by atoms with Crippen molar-refractivity contribution < 1.29 is 9.90 Å². The van der Waals surface area contributed by atoms with Gasteiger partial charge in [-0.05, 0) is 37.1 Å². The quantitative estimate of drug-likeness (QED) is 0.880. The van der Waals surface area contributed by atoms with E-state index in [1.807, 2.05) is 38.1 Å². The Labute approximate surface area is 112 Å². The molecule has 19 heavy (non-hydrogen) atoms. The molecule has 0 fully saturated rings. The maximum absolute atomic E-state index is 11.1. The van der Waals surface area contributed by atoms with E-state index in [1.165, 1.54) is 0 Å². The van der Waals surface area contributed by atoms with E-state index in [4.69, 9.17) is 5.11 Å². The number of benzene rings is 1. The number of carboxylic acids is 1. The Bertz CT molecular complexity index is 609. The van der Waals surface area contributed by atoms with Crippen molar-refractivity contribution in [1.82, 2.24) is 4.98 Å². The van der Waals surface area contributed by atoms with Gasteiger partial charge < -0.3 is 10.4 Å². The first-order valence-corrected chi connectivity index (χ1v) is 6.17. The molecule has 0 unspecified atom stereocenters. The molecule has 0 aliphatic carbocycles. The summed E-state index contributed by atoms with van der Waals surface area (Å²) in [4.78, 5) is 15.5. The van der Waals surface area contributed by atoms with E-state index in [1.54, 1.807) is 12.1 Å². The van der Waals surface area contributed by atoms with Crippen molar-refractivity contribution in [3.8, 4) is 0 Å². The minimum atomic E-state index is -0.940. The number of aromatic nitrogens is 1. The molecule has 0 spiro atoms. The monoisotopic (exact) mass is 256 g/mol. The van der Waals surface area contributed by atoms with Gasteiger partial charge in [-0.15, -0.1) is 0 Å². The van der Waals surface area contributed by atoms with Crippen molar-refractivity contribution >= 4 is 17.5 Å². The lowest BCUT2D eigenvalue weighted by Gasteiger charge is -2.10. The first-order chi connectivity index (χ1) is 9.10. The number of aryl methyl sites for hydroxylation is 2. The molecule has 0 bridgehead atoms. The third kappa shape index (κ3) is 3.10. The topological polar surface area (TPSA) is 62.2 Å². The van der Waals surface area contributed by atoms with Crippen LogP contribution in [0.5, 0.6) is 0 Å².